The number of hydrogen-bond acceptors (Lipinski definition) is 0. The molecule has 0 fully saturated rings. The van der Waals surface area contributed by atoms with Gasteiger partial charge in [0.15, 0.2) is 0 Å². The maximum absolute atomic E-state index is 3.78. The van der Waals surface area contributed by atoms with Gasteiger partial charge in [-0.3, -0.25) is 0 Å². The second-order valence-electron chi connectivity index (χ2n) is 6.53. The van der Waals surface area contributed by atoms with Gasteiger partial charge < -0.3 is 0 Å². The third-order valence-corrected chi connectivity index (χ3v) is 6.26. The Morgan fingerprint density at radius 2 is 1.48 bits per heavy atom. The first-order chi connectivity index (χ1) is 12.1. The molecular formula is C23H18Br2. The Hall–Kier alpha value is -1.64. The molecule has 4 rings (SSSR count). The van der Waals surface area contributed by atoms with Gasteiger partial charge in [0.05, 0.1) is 0 Å². The van der Waals surface area contributed by atoms with Crippen LogP contribution in [0.15, 0.2) is 63.6 Å². The maximum atomic E-state index is 3.78. The van der Waals surface area contributed by atoms with E-state index < -0.39 is 0 Å². The molecule has 0 unspecified atom stereocenters. The van der Waals surface area contributed by atoms with Crippen molar-refractivity contribution >= 4 is 48.7 Å². The predicted octanol–water partition coefficient (Wildman–Crippen LogP) is 7.77. The van der Waals surface area contributed by atoms with E-state index in [2.05, 4.69) is 106 Å². The van der Waals surface area contributed by atoms with Crippen LogP contribution in [0, 0.1) is 13.8 Å². The molecule has 0 amide bonds. The summed E-state index contributed by atoms with van der Waals surface area (Å²) in [5.41, 5.74) is 7.96. The zero-order chi connectivity index (χ0) is 17.6. The van der Waals surface area contributed by atoms with Gasteiger partial charge in [-0.1, -0.05) is 80.4 Å². The molecule has 0 spiro atoms. The van der Waals surface area contributed by atoms with E-state index in [9.17, 15) is 0 Å². The SMILES string of the molecule is Cc1cc(Br)c2c(c1-c1c(C)cc(Br)c3ccccc13)C=CC=CC2. The van der Waals surface area contributed by atoms with Crippen LogP contribution >= 0.6 is 31.9 Å². The fourth-order valence-electron chi connectivity index (χ4n) is 3.77. The van der Waals surface area contributed by atoms with E-state index in [1.54, 1.807) is 0 Å². The summed E-state index contributed by atoms with van der Waals surface area (Å²) in [4.78, 5) is 0. The summed E-state index contributed by atoms with van der Waals surface area (Å²) in [5.74, 6) is 0. The second kappa shape index (κ2) is 6.59. The molecule has 0 heterocycles. The molecule has 0 aromatic heterocycles. The van der Waals surface area contributed by atoms with Crippen molar-refractivity contribution in [2.24, 2.45) is 0 Å². The van der Waals surface area contributed by atoms with Crippen LogP contribution in [0.5, 0.6) is 0 Å². The fourth-order valence-corrected chi connectivity index (χ4v) is 5.18. The molecule has 1 aliphatic carbocycles. The topological polar surface area (TPSA) is 0 Å². The molecule has 0 radical (unpaired) electrons. The number of aryl methyl sites for hydroxylation is 2. The summed E-state index contributed by atoms with van der Waals surface area (Å²) in [5, 5.41) is 2.56. The Kier molecular flexibility index (Phi) is 4.43. The molecule has 0 saturated carbocycles. The second-order valence-corrected chi connectivity index (χ2v) is 8.24. The van der Waals surface area contributed by atoms with Crippen LogP contribution < -0.4 is 0 Å². The van der Waals surface area contributed by atoms with E-state index in [0.29, 0.717) is 0 Å². The van der Waals surface area contributed by atoms with Crippen molar-refractivity contribution in [1.82, 2.24) is 0 Å². The van der Waals surface area contributed by atoms with Crippen molar-refractivity contribution in [3.05, 3.63) is 85.8 Å². The van der Waals surface area contributed by atoms with Gasteiger partial charge in [-0.25, -0.2) is 0 Å². The summed E-state index contributed by atoms with van der Waals surface area (Å²) in [6, 6.07) is 13.1. The molecule has 0 N–H and O–H groups in total. The lowest BCUT2D eigenvalue weighted by atomic mass is 9.86. The number of halogens is 2. The highest BCUT2D eigenvalue weighted by molar-refractivity contribution is 9.11. The van der Waals surface area contributed by atoms with Gasteiger partial charge in [-0.15, -0.1) is 0 Å². The smallest absolute Gasteiger partial charge is 0.0256 e. The highest BCUT2D eigenvalue weighted by atomic mass is 79.9. The van der Waals surface area contributed by atoms with Gasteiger partial charge >= 0.3 is 0 Å². The fraction of sp³-hybridized carbons (Fsp3) is 0.130. The zero-order valence-corrected chi connectivity index (χ0v) is 17.4. The van der Waals surface area contributed by atoms with Crippen LogP contribution in [-0.2, 0) is 6.42 Å². The minimum absolute atomic E-state index is 0.948. The van der Waals surface area contributed by atoms with Crippen molar-refractivity contribution in [2.45, 2.75) is 20.3 Å². The average molecular weight is 454 g/mol. The average Bonchev–Trinajstić information content (AvgIpc) is 2.84. The van der Waals surface area contributed by atoms with Crippen LogP contribution in [0.1, 0.15) is 22.3 Å². The monoisotopic (exact) mass is 452 g/mol. The van der Waals surface area contributed by atoms with Gasteiger partial charge in [-0.05, 0) is 76.6 Å². The first kappa shape index (κ1) is 16.8. The van der Waals surface area contributed by atoms with E-state index in [1.165, 1.54) is 48.6 Å². The first-order valence-electron chi connectivity index (χ1n) is 8.41. The van der Waals surface area contributed by atoms with Crippen LogP contribution in [0.3, 0.4) is 0 Å². The van der Waals surface area contributed by atoms with E-state index in [-0.39, 0.29) is 0 Å². The van der Waals surface area contributed by atoms with Crippen molar-refractivity contribution in [2.75, 3.05) is 0 Å². The van der Waals surface area contributed by atoms with Gasteiger partial charge in [0.1, 0.15) is 0 Å². The number of benzene rings is 3. The van der Waals surface area contributed by atoms with Gasteiger partial charge in [0, 0.05) is 8.95 Å². The highest BCUT2D eigenvalue weighted by Crippen LogP contribution is 2.42. The van der Waals surface area contributed by atoms with Crippen molar-refractivity contribution in [3.8, 4) is 11.1 Å². The quantitative estimate of drug-likeness (QED) is 0.352. The van der Waals surface area contributed by atoms with Crippen LogP contribution in [0.4, 0.5) is 0 Å². The lowest BCUT2D eigenvalue weighted by Crippen LogP contribution is -1.99. The molecule has 0 aliphatic heterocycles. The molecule has 1 aliphatic rings. The van der Waals surface area contributed by atoms with Crippen molar-refractivity contribution < 1.29 is 0 Å². The highest BCUT2D eigenvalue weighted by Gasteiger charge is 2.19. The van der Waals surface area contributed by atoms with E-state index in [1.807, 2.05) is 0 Å². The summed E-state index contributed by atoms with van der Waals surface area (Å²) in [6.45, 7) is 4.42. The minimum atomic E-state index is 0.948. The van der Waals surface area contributed by atoms with Crippen LogP contribution in [0.2, 0.25) is 0 Å². The number of allylic oxidation sites excluding steroid dienone is 3. The maximum Gasteiger partial charge on any atom is 0.0256 e. The number of rotatable bonds is 1. The van der Waals surface area contributed by atoms with Crippen LogP contribution in [-0.4, -0.2) is 0 Å². The third kappa shape index (κ3) is 2.82. The van der Waals surface area contributed by atoms with E-state index >= 15 is 0 Å². The molecule has 0 saturated heterocycles. The summed E-state index contributed by atoms with van der Waals surface area (Å²) < 4.78 is 2.35. The number of hydrogen-bond donors (Lipinski definition) is 0. The Morgan fingerprint density at radius 1 is 0.800 bits per heavy atom. The van der Waals surface area contributed by atoms with Gasteiger partial charge in [-0.2, -0.15) is 0 Å². The predicted molar refractivity (Wildman–Crippen MR) is 116 cm³/mol. The summed E-state index contributed by atoms with van der Waals surface area (Å²) in [7, 11) is 0. The largest absolute Gasteiger partial charge is 0.0801 e. The molecule has 3 aromatic carbocycles. The molecule has 124 valence electrons. The third-order valence-electron chi connectivity index (χ3n) is 4.89. The van der Waals surface area contributed by atoms with Gasteiger partial charge in [0.2, 0.25) is 0 Å². The normalized spacial score (nSPS) is 13.1. The van der Waals surface area contributed by atoms with Crippen molar-refractivity contribution in [3.63, 3.8) is 0 Å². The Labute approximate surface area is 165 Å². The molecule has 0 atom stereocenters. The molecule has 25 heavy (non-hydrogen) atoms. The summed E-state index contributed by atoms with van der Waals surface area (Å²) in [6.07, 6.45) is 9.71. The zero-order valence-electron chi connectivity index (χ0n) is 14.2. The minimum Gasteiger partial charge on any atom is -0.0801 e. The molecule has 0 nitrogen and oxygen atoms in total. The Balaban J connectivity index is 2.16. The summed E-state index contributed by atoms with van der Waals surface area (Å²) >= 11 is 7.52. The standard InChI is InChI=1S/C23H18Br2/c1-14-12-20(24)16-8-4-3-5-10-18(16)22(14)23-15(2)13-21(25)17-9-6-7-11-19(17)23/h3-7,9-13H,8H2,1-2H3. The lowest BCUT2D eigenvalue weighted by Gasteiger charge is -2.20. The lowest BCUT2D eigenvalue weighted by molar-refractivity contribution is 1.23. The van der Waals surface area contributed by atoms with E-state index in [4.69, 9.17) is 0 Å². The van der Waals surface area contributed by atoms with Crippen LogP contribution in [0.25, 0.3) is 28.0 Å². The molecule has 2 heteroatoms. The van der Waals surface area contributed by atoms with Gasteiger partial charge in [0.25, 0.3) is 0 Å². The molecular weight excluding hydrogens is 436 g/mol. The van der Waals surface area contributed by atoms with E-state index in [0.717, 1.165) is 10.9 Å². The Bertz CT molecular complexity index is 1060. The molecule has 0 bridgehead atoms. The number of fused-ring (bicyclic) bond motifs is 2. The first-order valence-corrected chi connectivity index (χ1v) is 10.00. The Morgan fingerprint density at radius 3 is 2.28 bits per heavy atom. The van der Waals surface area contributed by atoms with Crippen molar-refractivity contribution in [1.29, 1.82) is 0 Å². The molecule has 3 aromatic rings.